The smallest absolute Gasteiger partial charge is 0.357 e. The van der Waals surface area contributed by atoms with E-state index in [1.807, 2.05) is 6.07 Å². The van der Waals surface area contributed by atoms with Crippen molar-refractivity contribution in [3.8, 4) is 11.4 Å². The molecule has 3 aromatic rings. The van der Waals surface area contributed by atoms with Gasteiger partial charge in [0.1, 0.15) is 17.6 Å². The van der Waals surface area contributed by atoms with Crippen LogP contribution in [0.1, 0.15) is 47.9 Å². The van der Waals surface area contributed by atoms with Gasteiger partial charge >= 0.3 is 6.18 Å². The maximum absolute atomic E-state index is 12.8. The molecule has 164 valence electrons. The lowest BCUT2D eigenvalue weighted by atomic mass is 10.2. The molecule has 1 amide bonds. The van der Waals surface area contributed by atoms with Crippen LogP contribution < -0.4 is 10.2 Å². The summed E-state index contributed by atoms with van der Waals surface area (Å²) in [5.41, 5.74) is -0.658. The van der Waals surface area contributed by atoms with E-state index >= 15 is 0 Å². The summed E-state index contributed by atoms with van der Waals surface area (Å²) in [6, 6.07) is 3.60. The molecule has 0 aromatic carbocycles. The Balaban J connectivity index is 1.47. The molecule has 0 bridgehead atoms. The number of pyridine rings is 1. The van der Waals surface area contributed by atoms with E-state index in [1.54, 1.807) is 19.2 Å². The molecule has 4 rings (SSSR count). The molecule has 4 heterocycles. The molecule has 1 N–H and O–H groups in total. The maximum Gasteiger partial charge on any atom is 0.435 e. The van der Waals surface area contributed by atoms with Crippen LogP contribution in [0.25, 0.3) is 11.4 Å². The zero-order valence-electron chi connectivity index (χ0n) is 16.8. The van der Waals surface area contributed by atoms with Crippen molar-refractivity contribution >= 4 is 11.7 Å². The van der Waals surface area contributed by atoms with Crippen molar-refractivity contribution < 1.29 is 22.5 Å². The summed E-state index contributed by atoms with van der Waals surface area (Å²) in [7, 11) is 1.26. The Morgan fingerprint density at radius 2 is 2.00 bits per heavy atom. The van der Waals surface area contributed by atoms with Crippen LogP contribution in [0.4, 0.5) is 19.0 Å². The van der Waals surface area contributed by atoms with Gasteiger partial charge in [0.25, 0.3) is 5.91 Å². The number of hydrogen-bond donors (Lipinski definition) is 1. The summed E-state index contributed by atoms with van der Waals surface area (Å²) in [5.74, 6) is 0.553. The predicted octanol–water partition coefficient (Wildman–Crippen LogP) is 2.98. The fraction of sp³-hybridized carbons (Fsp3) is 0.421. The van der Waals surface area contributed by atoms with Crippen LogP contribution in [-0.2, 0) is 13.2 Å². The molecule has 0 aliphatic carbocycles. The summed E-state index contributed by atoms with van der Waals surface area (Å²) in [5, 5.41) is 9.85. The summed E-state index contributed by atoms with van der Waals surface area (Å²) in [4.78, 5) is 23.3. The second-order valence-electron chi connectivity index (χ2n) is 7.28. The van der Waals surface area contributed by atoms with Gasteiger partial charge < -0.3 is 14.7 Å². The molecular weight excluding hydrogens is 415 g/mol. The van der Waals surface area contributed by atoms with Crippen LogP contribution in [0.15, 0.2) is 28.9 Å². The molecule has 1 aliphatic heterocycles. The molecule has 12 heteroatoms. The van der Waals surface area contributed by atoms with Gasteiger partial charge in [-0.25, -0.2) is 4.98 Å². The zero-order valence-corrected chi connectivity index (χ0v) is 16.8. The van der Waals surface area contributed by atoms with Crippen molar-refractivity contribution in [3.63, 3.8) is 0 Å². The third-order valence-electron chi connectivity index (χ3n) is 5.00. The molecule has 1 saturated heterocycles. The van der Waals surface area contributed by atoms with E-state index in [0.717, 1.165) is 36.4 Å². The molecule has 1 unspecified atom stereocenters. The second-order valence-corrected chi connectivity index (χ2v) is 7.28. The molecule has 3 aromatic heterocycles. The summed E-state index contributed by atoms with van der Waals surface area (Å²) in [6.07, 6.45) is -0.722. The van der Waals surface area contributed by atoms with Crippen LogP contribution in [0.3, 0.4) is 0 Å². The average Bonchev–Trinajstić information content (AvgIpc) is 3.47. The quantitative estimate of drug-likeness (QED) is 0.657. The Morgan fingerprint density at radius 3 is 2.68 bits per heavy atom. The minimum absolute atomic E-state index is 0.126. The zero-order chi connectivity index (χ0) is 22.2. The number of hydrogen-bond acceptors (Lipinski definition) is 7. The number of nitrogens with zero attached hydrogens (tertiary/aromatic N) is 6. The lowest BCUT2D eigenvalue weighted by molar-refractivity contribution is -0.141. The number of amides is 1. The maximum atomic E-state index is 12.8. The third kappa shape index (κ3) is 4.37. The Hall–Kier alpha value is -3.44. The van der Waals surface area contributed by atoms with Crippen molar-refractivity contribution in [2.75, 3.05) is 18.0 Å². The Bertz CT molecular complexity index is 1090. The van der Waals surface area contributed by atoms with Crippen LogP contribution in [0, 0.1) is 0 Å². The standard InChI is InChI=1S/C19H20F3N7O2/c1-11(24-17(30)13-10-14(19(20,21)22)26-28(13)2)18-25-16(27-31-18)12-5-6-23-15(9-12)29-7-3-4-8-29/h5-6,9-11H,3-4,7-8H2,1-2H3,(H,24,30). The number of anilines is 1. The number of nitrogens with one attached hydrogen (secondary N) is 1. The highest BCUT2D eigenvalue weighted by atomic mass is 19.4. The monoisotopic (exact) mass is 435 g/mol. The van der Waals surface area contributed by atoms with Gasteiger partial charge in [0.2, 0.25) is 11.7 Å². The lowest BCUT2D eigenvalue weighted by Crippen LogP contribution is -2.28. The molecule has 31 heavy (non-hydrogen) atoms. The normalized spacial score (nSPS) is 15.3. The molecule has 9 nitrogen and oxygen atoms in total. The molecule has 1 fully saturated rings. The summed E-state index contributed by atoms with van der Waals surface area (Å²) >= 11 is 0. The molecule has 1 atom stereocenters. The van der Waals surface area contributed by atoms with E-state index in [1.165, 1.54) is 7.05 Å². The van der Waals surface area contributed by atoms with E-state index in [4.69, 9.17) is 4.52 Å². The Kier molecular flexibility index (Phi) is 5.38. The first-order valence-electron chi connectivity index (χ1n) is 9.69. The second kappa shape index (κ2) is 8.00. The Morgan fingerprint density at radius 1 is 1.26 bits per heavy atom. The largest absolute Gasteiger partial charge is 0.435 e. The highest BCUT2D eigenvalue weighted by Crippen LogP contribution is 2.28. The van der Waals surface area contributed by atoms with E-state index in [2.05, 4.69) is 30.4 Å². The van der Waals surface area contributed by atoms with Crippen LogP contribution in [-0.4, -0.2) is 43.9 Å². The van der Waals surface area contributed by atoms with Crippen LogP contribution >= 0.6 is 0 Å². The van der Waals surface area contributed by atoms with Crippen LogP contribution in [0.2, 0.25) is 0 Å². The molecule has 0 saturated carbocycles. The number of carbonyl (C=O) groups is 1. The first kappa shape index (κ1) is 20.8. The Labute approximate surface area is 175 Å². The van der Waals surface area contributed by atoms with Crippen molar-refractivity contribution in [1.82, 2.24) is 30.2 Å². The number of rotatable bonds is 5. The fourth-order valence-corrected chi connectivity index (χ4v) is 3.36. The van der Waals surface area contributed by atoms with E-state index < -0.39 is 23.8 Å². The minimum atomic E-state index is -4.64. The molecule has 0 spiro atoms. The number of aryl methyl sites for hydroxylation is 1. The van der Waals surface area contributed by atoms with Crippen molar-refractivity contribution in [2.45, 2.75) is 32.0 Å². The minimum Gasteiger partial charge on any atom is -0.357 e. The molecule has 1 aliphatic rings. The van der Waals surface area contributed by atoms with E-state index in [0.29, 0.717) is 17.5 Å². The summed E-state index contributed by atoms with van der Waals surface area (Å²) in [6.45, 7) is 3.49. The number of carbonyl (C=O) groups excluding carboxylic acids is 1. The SMILES string of the molecule is CC(NC(=O)c1cc(C(F)(F)F)nn1C)c1nc(-c2ccnc(N3CCCC3)c2)no1. The highest BCUT2D eigenvalue weighted by molar-refractivity contribution is 5.92. The van der Waals surface area contributed by atoms with Gasteiger partial charge in [0.05, 0.1) is 0 Å². The predicted molar refractivity (Wildman–Crippen MR) is 103 cm³/mol. The molecule has 0 radical (unpaired) electrons. The fourth-order valence-electron chi connectivity index (χ4n) is 3.36. The van der Waals surface area contributed by atoms with Gasteiger partial charge in [-0.2, -0.15) is 23.3 Å². The van der Waals surface area contributed by atoms with Gasteiger partial charge in [-0.05, 0) is 31.9 Å². The van der Waals surface area contributed by atoms with Crippen LogP contribution in [0.5, 0.6) is 0 Å². The average molecular weight is 435 g/mol. The van der Waals surface area contributed by atoms with Crippen molar-refractivity contribution in [1.29, 1.82) is 0 Å². The van der Waals surface area contributed by atoms with E-state index in [-0.39, 0.29) is 11.6 Å². The first-order valence-corrected chi connectivity index (χ1v) is 9.69. The number of alkyl halides is 3. The number of aromatic nitrogens is 5. The first-order chi connectivity index (χ1) is 14.7. The number of halogens is 3. The van der Waals surface area contributed by atoms with Crippen molar-refractivity contribution in [3.05, 3.63) is 41.7 Å². The van der Waals surface area contributed by atoms with Gasteiger partial charge in [0, 0.05) is 38.0 Å². The highest BCUT2D eigenvalue weighted by Gasteiger charge is 2.35. The molecular formula is C19H20F3N7O2. The topological polar surface area (TPSA) is 102 Å². The van der Waals surface area contributed by atoms with Gasteiger partial charge in [-0.3, -0.25) is 9.48 Å². The van der Waals surface area contributed by atoms with Crippen molar-refractivity contribution in [2.24, 2.45) is 7.05 Å². The van der Waals surface area contributed by atoms with Gasteiger partial charge in [0.15, 0.2) is 5.69 Å². The van der Waals surface area contributed by atoms with Gasteiger partial charge in [-0.15, -0.1) is 0 Å². The summed E-state index contributed by atoms with van der Waals surface area (Å²) < 4.78 is 44.6. The van der Waals surface area contributed by atoms with E-state index in [9.17, 15) is 18.0 Å². The van der Waals surface area contributed by atoms with Gasteiger partial charge in [-0.1, -0.05) is 5.16 Å². The third-order valence-corrected chi connectivity index (χ3v) is 5.00. The lowest BCUT2D eigenvalue weighted by Gasteiger charge is -2.16.